The standard InChI is InChI=1S/C47H83NO13/c1-3-5-7-9-11-13-15-16-17-18-19-21-22-24-26-28-30-36(51)35(48-39(52)31-29-27-25-23-20-14-12-10-8-6-4-2)34-58-46-44(57)42(55)45(38(33-50)60-46)61-47-43(56)41(54)40(53)37(32-49)59-47/h10,12,16-17,21-22,28,30,35-38,40-47,49-51,53-57H,3-9,11,13-15,18-20,23-27,29,31-34H2,1-2H3,(H,48,52)/b12-10-,17-16+,22-21+,30-28+. The highest BCUT2D eigenvalue weighted by atomic mass is 16.7. The molecular formula is C47H83NO13. The van der Waals surface area contributed by atoms with Gasteiger partial charge in [-0.2, -0.15) is 0 Å². The summed E-state index contributed by atoms with van der Waals surface area (Å²) in [5, 5.41) is 86.4. The molecule has 0 radical (unpaired) electrons. The van der Waals surface area contributed by atoms with E-state index in [0.29, 0.717) is 12.8 Å². The number of carbonyl (C=O) groups excluding carboxylic acids is 1. The van der Waals surface area contributed by atoms with Crippen molar-refractivity contribution in [1.29, 1.82) is 0 Å². The number of rotatable bonds is 34. The molecule has 0 aromatic rings. The monoisotopic (exact) mass is 870 g/mol. The van der Waals surface area contributed by atoms with E-state index in [1.54, 1.807) is 6.08 Å². The van der Waals surface area contributed by atoms with E-state index in [1.165, 1.54) is 51.4 Å². The Morgan fingerprint density at radius 2 is 1.07 bits per heavy atom. The SMILES string of the molecule is CCCC/C=C\CCCCCCCC(=O)NC(COC1OC(CO)C(OC2OC(CO)C(O)C(O)C2O)C(O)C1O)C(O)/C=C/CC/C=C/CC/C=C/CCCCCCCC. The number of ether oxygens (including phenoxy) is 4. The highest BCUT2D eigenvalue weighted by Crippen LogP contribution is 2.30. The van der Waals surface area contributed by atoms with Gasteiger partial charge in [-0.15, -0.1) is 0 Å². The third kappa shape index (κ3) is 22.4. The van der Waals surface area contributed by atoms with E-state index < -0.39 is 86.8 Å². The molecule has 61 heavy (non-hydrogen) atoms. The summed E-state index contributed by atoms with van der Waals surface area (Å²) in [7, 11) is 0. The van der Waals surface area contributed by atoms with Crippen LogP contribution in [0.25, 0.3) is 0 Å². The smallest absolute Gasteiger partial charge is 0.220 e. The van der Waals surface area contributed by atoms with Crippen LogP contribution in [0.2, 0.25) is 0 Å². The third-order valence-electron chi connectivity index (χ3n) is 11.2. The van der Waals surface area contributed by atoms with Gasteiger partial charge in [0.15, 0.2) is 12.6 Å². The fraction of sp³-hybridized carbons (Fsp3) is 0.809. The van der Waals surface area contributed by atoms with Gasteiger partial charge in [0.1, 0.15) is 48.8 Å². The van der Waals surface area contributed by atoms with Crippen molar-refractivity contribution in [2.45, 2.75) is 222 Å². The Hall–Kier alpha value is -2.05. The molecule has 14 heteroatoms. The molecule has 14 nitrogen and oxygen atoms in total. The Balaban J connectivity index is 1.92. The number of amides is 1. The molecule has 0 spiro atoms. The topological polar surface area (TPSA) is 228 Å². The summed E-state index contributed by atoms with van der Waals surface area (Å²) in [6.45, 7) is 2.67. The zero-order valence-corrected chi connectivity index (χ0v) is 37.1. The normalized spacial score (nSPS) is 28.4. The second-order valence-electron chi connectivity index (χ2n) is 16.5. The first kappa shape index (κ1) is 55.1. The summed E-state index contributed by atoms with van der Waals surface area (Å²) >= 11 is 0. The predicted molar refractivity (Wildman–Crippen MR) is 235 cm³/mol. The lowest BCUT2D eigenvalue weighted by Gasteiger charge is -2.46. The lowest BCUT2D eigenvalue weighted by Crippen LogP contribution is -2.65. The zero-order valence-electron chi connectivity index (χ0n) is 37.1. The molecule has 12 atom stereocenters. The minimum absolute atomic E-state index is 0.258. The van der Waals surface area contributed by atoms with Gasteiger partial charge in [-0.05, 0) is 64.2 Å². The average molecular weight is 870 g/mol. The van der Waals surface area contributed by atoms with E-state index in [-0.39, 0.29) is 18.9 Å². The minimum atomic E-state index is -1.79. The quantitative estimate of drug-likeness (QED) is 0.0309. The van der Waals surface area contributed by atoms with E-state index in [4.69, 9.17) is 18.9 Å². The summed E-state index contributed by atoms with van der Waals surface area (Å²) in [5.74, 6) is -0.268. The number of nitrogens with one attached hydrogen (secondary N) is 1. The molecule has 2 heterocycles. The van der Waals surface area contributed by atoms with Crippen molar-refractivity contribution in [3.8, 4) is 0 Å². The molecule has 1 amide bonds. The lowest BCUT2D eigenvalue weighted by molar-refractivity contribution is -0.359. The van der Waals surface area contributed by atoms with E-state index >= 15 is 0 Å². The molecule has 0 aromatic heterocycles. The number of aliphatic hydroxyl groups excluding tert-OH is 8. The number of carbonyl (C=O) groups is 1. The van der Waals surface area contributed by atoms with Crippen molar-refractivity contribution in [3.63, 3.8) is 0 Å². The number of hydrogen-bond donors (Lipinski definition) is 9. The number of aliphatic hydroxyl groups is 8. The van der Waals surface area contributed by atoms with Crippen LogP contribution in [-0.4, -0.2) is 140 Å². The maximum atomic E-state index is 13.1. The molecule has 0 aromatic carbocycles. The van der Waals surface area contributed by atoms with Gasteiger partial charge in [-0.25, -0.2) is 0 Å². The van der Waals surface area contributed by atoms with Gasteiger partial charge in [0.25, 0.3) is 0 Å². The Labute approximate surface area is 365 Å². The van der Waals surface area contributed by atoms with Crippen molar-refractivity contribution in [3.05, 3.63) is 48.6 Å². The van der Waals surface area contributed by atoms with Gasteiger partial charge in [0.2, 0.25) is 5.91 Å². The van der Waals surface area contributed by atoms with E-state index in [2.05, 4.69) is 55.6 Å². The second kappa shape index (κ2) is 34.4. The van der Waals surface area contributed by atoms with Crippen molar-refractivity contribution in [2.24, 2.45) is 0 Å². The molecule has 0 aliphatic carbocycles. The molecule has 2 fully saturated rings. The van der Waals surface area contributed by atoms with Gasteiger partial charge >= 0.3 is 0 Å². The van der Waals surface area contributed by atoms with Crippen LogP contribution in [0.3, 0.4) is 0 Å². The van der Waals surface area contributed by atoms with Crippen LogP contribution in [0, 0.1) is 0 Å². The molecule has 2 rings (SSSR count). The first-order chi connectivity index (χ1) is 29.6. The number of hydrogen-bond acceptors (Lipinski definition) is 13. The first-order valence-corrected chi connectivity index (χ1v) is 23.4. The van der Waals surface area contributed by atoms with Crippen LogP contribution in [-0.2, 0) is 23.7 Å². The van der Waals surface area contributed by atoms with Crippen LogP contribution in [0.1, 0.15) is 149 Å². The summed E-state index contributed by atoms with van der Waals surface area (Å²) in [4.78, 5) is 13.1. The molecule has 2 aliphatic rings. The van der Waals surface area contributed by atoms with Crippen molar-refractivity contribution in [1.82, 2.24) is 5.32 Å². The summed E-state index contributed by atoms with van der Waals surface area (Å²) in [6, 6.07) is -0.939. The number of unbranched alkanes of at least 4 members (excludes halogenated alkanes) is 15. The van der Waals surface area contributed by atoms with Crippen LogP contribution >= 0.6 is 0 Å². The fourth-order valence-corrected chi connectivity index (χ4v) is 7.30. The van der Waals surface area contributed by atoms with Crippen LogP contribution in [0.4, 0.5) is 0 Å². The van der Waals surface area contributed by atoms with Crippen LogP contribution < -0.4 is 5.32 Å². The molecule has 354 valence electrons. The van der Waals surface area contributed by atoms with Gasteiger partial charge in [-0.1, -0.05) is 127 Å². The van der Waals surface area contributed by atoms with Gasteiger partial charge < -0.3 is 65.1 Å². The van der Waals surface area contributed by atoms with Crippen molar-refractivity contribution >= 4 is 5.91 Å². The molecule has 2 saturated heterocycles. The minimum Gasteiger partial charge on any atom is -0.394 e. The molecule has 2 aliphatic heterocycles. The van der Waals surface area contributed by atoms with Gasteiger partial charge in [0, 0.05) is 6.42 Å². The van der Waals surface area contributed by atoms with E-state index in [0.717, 1.165) is 64.2 Å². The Morgan fingerprint density at radius 3 is 1.66 bits per heavy atom. The second-order valence-corrected chi connectivity index (χ2v) is 16.5. The fourth-order valence-electron chi connectivity index (χ4n) is 7.30. The van der Waals surface area contributed by atoms with Gasteiger partial charge in [-0.3, -0.25) is 4.79 Å². The van der Waals surface area contributed by atoms with E-state index in [1.807, 2.05) is 6.08 Å². The first-order valence-electron chi connectivity index (χ1n) is 23.4. The maximum absolute atomic E-state index is 13.1. The zero-order chi connectivity index (χ0) is 44.7. The molecule has 9 N–H and O–H groups in total. The molecule has 0 saturated carbocycles. The molecule has 12 unspecified atom stereocenters. The Kier molecular flexibility index (Phi) is 31.0. The Bertz CT molecular complexity index is 1210. The molecular weight excluding hydrogens is 787 g/mol. The Morgan fingerprint density at radius 1 is 0.574 bits per heavy atom. The average Bonchev–Trinajstić information content (AvgIpc) is 3.26. The highest BCUT2D eigenvalue weighted by molar-refractivity contribution is 5.76. The predicted octanol–water partition coefficient (Wildman–Crippen LogP) is 4.93. The molecule has 0 bridgehead atoms. The van der Waals surface area contributed by atoms with Crippen LogP contribution in [0.15, 0.2) is 48.6 Å². The largest absolute Gasteiger partial charge is 0.394 e. The number of allylic oxidation sites excluding steroid dienone is 7. The third-order valence-corrected chi connectivity index (χ3v) is 11.2. The summed E-state index contributed by atoms with van der Waals surface area (Å²) < 4.78 is 22.6. The summed E-state index contributed by atoms with van der Waals surface area (Å²) in [6.07, 6.45) is 21.6. The van der Waals surface area contributed by atoms with Crippen molar-refractivity contribution < 1.29 is 64.6 Å². The maximum Gasteiger partial charge on any atom is 0.220 e. The van der Waals surface area contributed by atoms with E-state index in [9.17, 15) is 45.6 Å². The van der Waals surface area contributed by atoms with Crippen molar-refractivity contribution in [2.75, 3.05) is 19.8 Å². The van der Waals surface area contributed by atoms with Gasteiger partial charge in [0.05, 0.1) is 32.0 Å². The summed E-state index contributed by atoms with van der Waals surface area (Å²) in [5.41, 5.74) is 0. The highest BCUT2D eigenvalue weighted by Gasteiger charge is 2.50. The van der Waals surface area contributed by atoms with Crippen LogP contribution in [0.5, 0.6) is 0 Å². The lowest BCUT2D eigenvalue weighted by atomic mass is 9.97.